The fraction of sp³-hybridized carbons (Fsp3) is 0.0556. The number of fused-ring (bicyclic) bond motifs is 1. The smallest absolute Gasteiger partial charge is 0.338 e. The highest BCUT2D eigenvalue weighted by Gasteiger charge is 2.21. The quantitative estimate of drug-likeness (QED) is 0.327. The highest BCUT2D eigenvalue weighted by Crippen LogP contribution is 2.28. The SMILES string of the molecule is O=C(OCc1cccc2cccc(Br)c12)c1cc([N+](=O)[O-])cc([N+](=O)[O-])c1. The molecule has 0 heterocycles. The standard InChI is InChI=1S/C18H11BrN2O6/c19-16-6-2-4-11-3-1-5-12(17(11)16)10-27-18(22)13-7-14(20(23)24)9-15(8-13)21(25)26/h1-9H,10H2. The van der Waals surface area contributed by atoms with E-state index in [2.05, 4.69) is 15.9 Å². The molecule has 0 unspecified atom stereocenters. The Kier molecular flexibility index (Phi) is 5.13. The summed E-state index contributed by atoms with van der Waals surface area (Å²) in [5.41, 5.74) is -0.628. The number of carbonyl (C=O) groups is 1. The van der Waals surface area contributed by atoms with Crippen molar-refractivity contribution in [1.82, 2.24) is 0 Å². The van der Waals surface area contributed by atoms with Gasteiger partial charge in [0.2, 0.25) is 0 Å². The third-order valence-corrected chi connectivity index (χ3v) is 4.52. The zero-order valence-corrected chi connectivity index (χ0v) is 15.2. The summed E-state index contributed by atoms with van der Waals surface area (Å²) in [5.74, 6) is -0.883. The molecular weight excluding hydrogens is 420 g/mol. The predicted molar refractivity (Wildman–Crippen MR) is 101 cm³/mol. The van der Waals surface area contributed by atoms with Crippen LogP contribution in [0.25, 0.3) is 10.8 Å². The molecule has 136 valence electrons. The number of hydrogen-bond acceptors (Lipinski definition) is 6. The molecule has 0 spiro atoms. The summed E-state index contributed by atoms with van der Waals surface area (Å²) >= 11 is 3.46. The molecule has 0 amide bonds. The second-order valence-electron chi connectivity index (χ2n) is 5.58. The van der Waals surface area contributed by atoms with Gasteiger partial charge in [0, 0.05) is 22.0 Å². The lowest BCUT2D eigenvalue weighted by Crippen LogP contribution is -2.07. The van der Waals surface area contributed by atoms with Crippen LogP contribution in [0.5, 0.6) is 0 Å². The topological polar surface area (TPSA) is 113 Å². The van der Waals surface area contributed by atoms with Crippen LogP contribution in [0.2, 0.25) is 0 Å². The molecule has 0 radical (unpaired) electrons. The summed E-state index contributed by atoms with van der Waals surface area (Å²) < 4.78 is 6.07. The second-order valence-corrected chi connectivity index (χ2v) is 6.44. The summed E-state index contributed by atoms with van der Waals surface area (Å²) in [6.07, 6.45) is 0. The Morgan fingerprint density at radius 3 is 2.15 bits per heavy atom. The Morgan fingerprint density at radius 2 is 1.56 bits per heavy atom. The molecule has 9 heteroatoms. The average molecular weight is 431 g/mol. The van der Waals surface area contributed by atoms with E-state index in [0.29, 0.717) is 0 Å². The molecular formula is C18H11BrN2O6. The monoisotopic (exact) mass is 430 g/mol. The maximum absolute atomic E-state index is 12.3. The number of carbonyl (C=O) groups excluding carboxylic acids is 1. The number of hydrogen-bond donors (Lipinski definition) is 0. The molecule has 0 fully saturated rings. The largest absolute Gasteiger partial charge is 0.457 e. The highest BCUT2D eigenvalue weighted by molar-refractivity contribution is 9.10. The van der Waals surface area contributed by atoms with E-state index in [1.54, 1.807) is 6.07 Å². The highest BCUT2D eigenvalue weighted by atomic mass is 79.9. The molecule has 0 aliphatic rings. The molecule has 0 N–H and O–H groups in total. The van der Waals surface area contributed by atoms with Crippen LogP contribution in [0.3, 0.4) is 0 Å². The van der Waals surface area contributed by atoms with Crippen LogP contribution in [-0.2, 0) is 11.3 Å². The minimum absolute atomic E-state index is 0.0880. The van der Waals surface area contributed by atoms with E-state index >= 15 is 0 Å². The number of nitro groups is 2. The van der Waals surface area contributed by atoms with Gasteiger partial charge in [0.05, 0.1) is 21.5 Å². The molecule has 0 aromatic heterocycles. The van der Waals surface area contributed by atoms with E-state index < -0.39 is 27.2 Å². The number of benzene rings is 3. The van der Waals surface area contributed by atoms with Crippen molar-refractivity contribution in [3.05, 3.63) is 90.4 Å². The normalized spacial score (nSPS) is 10.6. The molecule has 0 atom stereocenters. The fourth-order valence-corrected chi connectivity index (χ4v) is 3.28. The fourth-order valence-electron chi connectivity index (χ4n) is 2.64. The Hall–Kier alpha value is -3.33. The second kappa shape index (κ2) is 7.50. The molecule has 0 aliphatic carbocycles. The minimum Gasteiger partial charge on any atom is -0.457 e. The number of nitro benzene ring substituents is 2. The predicted octanol–water partition coefficient (Wildman–Crippen LogP) is 4.78. The van der Waals surface area contributed by atoms with Crippen LogP contribution >= 0.6 is 15.9 Å². The lowest BCUT2D eigenvalue weighted by molar-refractivity contribution is -0.394. The zero-order valence-electron chi connectivity index (χ0n) is 13.6. The number of non-ortho nitro benzene ring substituents is 2. The van der Waals surface area contributed by atoms with Gasteiger partial charge in [-0.2, -0.15) is 0 Å². The Balaban J connectivity index is 1.89. The average Bonchev–Trinajstić information content (AvgIpc) is 2.65. The maximum atomic E-state index is 12.3. The van der Waals surface area contributed by atoms with Gasteiger partial charge in [-0.1, -0.05) is 46.3 Å². The Morgan fingerprint density at radius 1 is 0.963 bits per heavy atom. The third-order valence-electron chi connectivity index (χ3n) is 3.86. The van der Waals surface area contributed by atoms with Crippen molar-refractivity contribution in [2.24, 2.45) is 0 Å². The van der Waals surface area contributed by atoms with Crippen molar-refractivity contribution in [2.45, 2.75) is 6.61 Å². The molecule has 0 aliphatic heterocycles. The molecule has 0 saturated carbocycles. The number of rotatable bonds is 5. The van der Waals surface area contributed by atoms with Crippen LogP contribution < -0.4 is 0 Å². The number of nitrogens with zero attached hydrogens (tertiary/aromatic N) is 2. The van der Waals surface area contributed by atoms with Gasteiger partial charge in [0.1, 0.15) is 6.61 Å². The van der Waals surface area contributed by atoms with E-state index in [9.17, 15) is 25.0 Å². The molecule has 3 rings (SSSR count). The van der Waals surface area contributed by atoms with Crippen molar-refractivity contribution >= 4 is 44.0 Å². The van der Waals surface area contributed by atoms with Crippen LogP contribution in [0.1, 0.15) is 15.9 Å². The molecule has 0 bridgehead atoms. The lowest BCUT2D eigenvalue weighted by Gasteiger charge is -2.09. The molecule has 3 aromatic carbocycles. The lowest BCUT2D eigenvalue weighted by atomic mass is 10.1. The molecule has 8 nitrogen and oxygen atoms in total. The van der Waals surface area contributed by atoms with Gasteiger partial charge in [-0.05, 0) is 17.0 Å². The summed E-state index contributed by atoms with van der Waals surface area (Å²) in [4.78, 5) is 32.6. The summed E-state index contributed by atoms with van der Waals surface area (Å²) in [5, 5.41) is 23.7. The van der Waals surface area contributed by atoms with Crippen LogP contribution in [0.4, 0.5) is 11.4 Å². The first-order valence-electron chi connectivity index (χ1n) is 7.64. The summed E-state index contributed by atoms with van der Waals surface area (Å²) in [7, 11) is 0. The Bertz CT molecular complexity index is 1050. The molecule has 3 aromatic rings. The van der Waals surface area contributed by atoms with E-state index in [4.69, 9.17) is 4.74 Å². The summed E-state index contributed by atoms with van der Waals surface area (Å²) in [6, 6.07) is 13.9. The molecule has 0 saturated heterocycles. The van der Waals surface area contributed by atoms with Crippen molar-refractivity contribution in [3.8, 4) is 0 Å². The van der Waals surface area contributed by atoms with Gasteiger partial charge < -0.3 is 4.74 Å². The van der Waals surface area contributed by atoms with Crippen LogP contribution in [0, 0.1) is 20.2 Å². The first-order chi connectivity index (χ1) is 12.9. The van der Waals surface area contributed by atoms with Crippen molar-refractivity contribution in [3.63, 3.8) is 0 Å². The minimum atomic E-state index is -0.883. The van der Waals surface area contributed by atoms with E-state index in [-0.39, 0.29) is 12.2 Å². The first kappa shape index (κ1) is 18.5. The Labute approximate surface area is 160 Å². The van der Waals surface area contributed by atoms with E-state index in [1.165, 1.54) is 0 Å². The number of esters is 1. The van der Waals surface area contributed by atoms with E-state index in [1.807, 2.05) is 30.3 Å². The van der Waals surface area contributed by atoms with Crippen molar-refractivity contribution in [1.29, 1.82) is 0 Å². The van der Waals surface area contributed by atoms with Gasteiger partial charge in [0.15, 0.2) is 0 Å². The van der Waals surface area contributed by atoms with Gasteiger partial charge in [-0.25, -0.2) is 4.79 Å². The van der Waals surface area contributed by atoms with Crippen molar-refractivity contribution in [2.75, 3.05) is 0 Å². The van der Waals surface area contributed by atoms with E-state index in [0.717, 1.165) is 39.0 Å². The zero-order chi connectivity index (χ0) is 19.6. The maximum Gasteiger partial charge on any atom is 0.338 e. The van der Waals surface area contributed by atoms with Gasteiger partial charge in [-0.3, -0.25) is 20.2 Å². The van der Waals surface area contributed by atoms with Crippen LogP contribution in [-0.4, -0.2) is 15.8 Å². The summed E-state index contributed by atoms with van der Waals surface area (Å²) in [6.45, 7) is -0.0880. The van der Waals surface area contributed by atoms with Gasteiger partial charge in [-0.15, -0.1) is 0 Å². The first-order valence-corrected chi connectivity index (χ1v) is 8.43. The third kappa shape index (κ3) is 3.93. The van der Waals surface area contributed by atoms with Crippen LogP contribution in [0.15, 0.2) is 59.1 Å². The molecule has 27 heavy (non-hydrogen) atoms. The van der Waals surface area contributed by atoms with Gasteiger partial charge >= 0.3 is 5.97 Å². The number of ether oxygens (including phenoxy) is 1. The van der Waals surface area contributed by atoms with Crippen molar-refractivity contribution < 1.29 is 19.4 Å². The van der Waals surface area contributed by atoms with Gasteiger partial charge in [0.25, 0.3) is 11.4 Å². The number of halogens is 1.